The Kier molecular flexibility index (Phi) is 5.90. The molecule has 0 spiro atoms. The highest BCUT2D eigenvalue weighted by Crippen LogP contribution is 2.33. The van der Waals surface area contributed by atoms with Crippen molar-refractivity contribution in [2.75, 3.05) is 6.54 Å². The summed E-state index contributed by atoms with van der Waals surface area (Å²) in [5.41, 5.74) is 2.97. The minimum Gasteiger partial charge on any atom is -0.490 e. The van der Waals surface area contributed by atoms with E-state index in [1.54, 1.807) is 0 Å². The average molecular weight is 275 g/mol. The first-order valence-corrected chi connectivity index (χ1v) is 8.31. The maximum Gasteiger partial charge on any atom is 0.120 e. The van der Waals surface area contributed by atoms with E-state index in [0.29, 0.717) is 12.1 Å². The molecule has 2 rings (SSSR count). The van der Waals surface area contributed by atoms with Crippen LogP contribution in [0.15, 0.2) is 18.2 Å². The molecule has 1 aromatic rings. The Morgan fingerprint density at radius 3 is 2.75 bits per heavy atom. The number of hydrogen-bond donors (Lipinski definition) is 1. The molecule has 112 valence electrons. The molecule has 1 N–H and O–H groups in total. The van der Waals surface area contributed by atoms with Gasteiger partial charge in [0.05, 0.1) is 6.10 Å². The second-order valence-corrected chi connectivity index (χ2v) is 5.82. The molecule has 0 aromatic heterocycles. The van der Waals surface area contributed by atoms with Crippen molar-refractivity contribution in [3.05, 3.63) is 29.3 Å². The highest BCUT2D eigenvalue weighted by atomic mass is 16.5. The monoisotopic (exact) mass is 275 g/mol. The van der Waals surface area contributed by atoms with Gasteiger partial charge in [0.2, 0.25) is 0 Å². The van der Waals surface area contributed by atoms with Gasteiger partial charge in [-0.2, -0.15) is 0 Å². The number of nitrogens with one attached hydrogen (secondary N) is 1. The third-order valence-electron chi connectivity index (χ3n) is 4.29. The zero-order chi connectivity index (χ0) is 14.4. The van der Waals surface area contributed by atoms with E-state index in [9.17, 15) is 0 Å². The molecular formula is C18H29NO. The van der Waals surface area contributed by atoms with Crippen LogP contribution in [-0.4, -0.2) is 12.6 Å². The molecule has 2 nitrogen and oxygen atoms in total. The summed E-state index contributed by atoms with van der Waals surface area (Å²) < 4.78 is 6.10. The molecule has 0 saturated carbocycles. The van der Waals surface area contributed by atoms with Crippen LogP contribution in [0.5, 0.6) is 5.75 Å². The van der Waals surface area contributed by atoms with Gasteiger partial charge in [-0.15, -0.1) is 0 Å². The minimum absolute atomic E-state index is 0.346. The van der Waals surface area contributed by atoms with Gasteiger partial charge in [0.25, 0.3) is 0 Å². The maximum absolute atomic E-state index is 6.10. The van der Waals surface area contributed by atoms with E-state index in [2.05, 4.69) is 44.3 Å². The van der Waals surface area contributed by atoms with Gasteiger partial charge in [-0.05, 0) is 68.3 Å². The topological polar surface area (TPSA) is 21.3 Å². The van der Waals surface area contributed by atoms with E-state index < -0.39 is 0 Å². The molecule has 0 saturated heterocycles. The molecular weight excluding hydrogens is 246 g/mol. The van der Waals surface area contributed by atoms with Gasteiger partial charge in [0.1, 0.15) is 5.75 Å². The first kappa shape index (κ1) is 15.4. The standard InChI is InChI=1S/C18H29NO/c1-4-12-19-18-9-7-8-14-10-11-16(13-17(14)18)20-15(5-2)6-3/h10-11,13,15,18-19H,4-9,12H2,1-3H3. The van der Waals surface area contributed by atoms with Gasteiger partial charge >= 0.3 is 0 Å². The number of hydrogen-bond acceptors (Lipinski definition) is 2. The highest BCUT2D eigenvalue weighted by Gasteiger charge is 2.20. The number of ether oxygens (including phenoxy) is 1. The summed E-state index contributed by atoms with van der Waals surface area (Å²) in [6.07, 6.45) is 7.44. The summed E-state index contributed by atoms with van der Waals surface area (Å²) in [6.45, 7) is 7.71. The number of rotatable bonds is 7. The smallest absolute Gasteiger partial charge is 0.120 e. The molecule has 1 unspecified atom stereocenters. The summed E-state index contributed by atoms with van der Waals surface area (Å²) in [7, 11) is 0. The van der Waals surface area contributed by atoms with Crippen molar-refractivity contribution in [1.82, 2.24) is 5.32 Å². The number of benzene rings is 1. The van der Waals surface area contributed by atoms with E-state index in [4.69, 9.17) is 4.74 Å². The first-order chi connectivity index (χ1) is 9.78. The minimum atomic E-state index is 0.346. The van der Waals surface area contributed by atoms with Crippen molar-refractivity contribution in [3.8, 4) is 5.75 Å². The predicted octanol–water partition coefficient (Wildman–Crippen LogP) is 4.63. The predicted molar refractivity (Wildman–Crippen MR) is 85.4 cm³/mol. The Balaban J connectivity index is 2.14. The molecule has 0 radical (unpaired) electrons. The van der Waals surface area contributed by atoms with E-state index in [1.165, 1.54) is 36.8 Å². The maximum atomic E-state index is 6.10. The lowest BCUT2D eigenvalue weighted by Crippen LogP contribution is -2.26. The number of aryl methyl sites for hydroxylation is 1. The van der Waals surface area contributed by atoms with Gasteiger partial charge in [0, 0.05) is 6.04 Å². The fraction of sp³-hybridized carbons (Fsp3) is 0.667. The lowest BCUT2D eigenvalue weighted by atomic mass is 9.87. The van der Waals surface area contributed by atoms with E-state index in [-0.39, 0.29) is 0 Å². The van der Waals surface area contributed by atoms with E-state index in [1.807, 2.05) is 0 Å². The van der Waals surface area contributed by atoms with Crippen molar-refractivity contribution in [2.24, 2.45) is 0 Å². The molecule has 1 aliphatic carbocycles. The summed E-state index contributed by atoms with van der Waals surface area (Å²) in [5, 5.41) is 3.68. The molecule has 0 amide bonds. The van der Waals surface area contributed by atoms with Crippen LogP contribution in [0.2, 0.25) is 0 Å². The summed E-state index contributed by atoms with van der Waals surface area (Å²) in [5.74, 6) is 1.04. The fourth-order valence-electron chi connectivity index (χ4n) is 3.03. The van der Waals surface area contributed by atoms with Crippen molar-refractivity contribution < 1.29 is 4.74 Å². The Hall–Kier alpha value is -1.02. The number of fused-ring (bicyclic) bond motifs is 1. The van der Waals surface area contributed by atoms with Crippen molar-refractivity contribution in [1.29, 1.82) is 0 Å². The van der Waals surface area contributed by atoms with Crippen LogP contribution in [0.25, 0.3) is 0 Å². The molecule has 1 aromatic carbocycles. The SMILES string of the molecule is CCCNC1CCCc2ccc(OC(CC)CC)cc21. The average Bonchev–Trinajstić information content (AvgIpc) is 2.50. The van der Waals surface area contributed by atoms with Crippen LogP contribution in [0.4, 0.5) is 0 Å². The molecule has 2 heteroatoms. The Morgan fingerprint density at radius 1 is 1.25 bits per heavy atom. The largest absolute Gasteiger partial charge is 0.490 e. The lowest BCUT2D eigenvalue weighted by Gasteiger charge is -2.27. The molecule has 1 atom stereocenters. The molecule has 0 aliphatic heterocycles. The summed E-state index contributed by atoms with van der Waals surface area (Å²) >= 11 is 0. The van der Waals surface area contributed by atoms with E-state index in [0.717, 1.165) is 25.1 Å². The van der Waals surface area contributed by atoms with Crippen LogP contribution in [0, 0.1) is 0 Å². The molecule has 20 heavy (non-hydrogen) atoms. The van der Waals surface area contributed by atoms with E-state index >= 15 is 0 Å². The van der Waals surface area contributed by atoms with Crippen LogP contribution < -0.4 is 10.1 Å². The zero-order valence-electron chi connectivity index (χ0n) is 13.2. The highest BCUT2D eigenvalue weighted by molar-refractivity contribution is 5.39. The third-order valence-corrected chi connectivity index (χ3v) is 4.29. The van der Waals surface area contributed by atoms with Crippen molar-refractivity contribution >= 4 is 0 Å². The second-order valence-electron chi connectivity index (χ2n) is 5.82. The first-order valence-electron chi connectivity index (χ1n) is 8.31. The van der Waals surface area contributed by atoms with Gasteiger partial charge in [-0.3, -0.25) is 0 Å². The van der Waals surface area contributed by atoms with Crippen molar-refractivity contribution in [3.63, 3.8) is 0 Å². The van der Waals surface area contributed by atoms with Crippen molar-refractivity contribution in [2.45, 2.75) is 71.4 Å². The van der Waals surface area contributed by atoms with Crippen LogP contribution in [0.3, 0.4) is 0 Å². The quantitative estimate of drug-likeness (QED) is 0.783. The fourth-order valence-corrected chi connectivity index (χ4v) is 3.03. The Morgan fingerprint density at radius 2 is 2.05 bits per heavy atom. The van der Waals surface area contributed by atoms with Crippen LogP contribution in [0.1, 0.15) is 70.0 Å². The van der Waals surface area contributed by atoms with Gasteiger partial charge in [0.15, 0.2) is 0 Å². The molecule has 1 aliphatic rings. The summed E-state index contributed by atoms with van der Waals surface area (Å²) in [4.78, 5) is 0. The zero-order valence-corrected chi connectivity index (χ0v) is 13.2. The van der Waals surface area contributed by atoms with Gasteiger partial charge < -0.3 is 10.1 Å². The summed E-state index contributed by atoms with van der Waals surface area (Å²) in [6, 6.07) is 7.22. The normalized spacial score (nSPS) is 18.1. The molecule has 0 fully saturated rings. The van der Waals surface area contributed by atoms with Gasteiger partial charge in [-0.1, -0.05) is 26.8 Å². The second kappa shape index (κ2) is 7.68. The third kappa shape index (κ3) is 3.76. The van der Waals surface area contributed by atoms with Crippen LogP contribution >= 0.6 is 0 Å². The molecule has 0 heterocycles. The van der Waals surface area contributed by atoms with Crippen LogP contribution in [-0.2, 0) is 6.42 Å². The lowest BCUT2D eigenvalue weighted by molar-refractivity contribution is 0.192. The molecule has 0 bridgehead atoms. The van der Waals surface area contributed by atoms with Gasteiger partial charge in [-0.25, -0.2) is 0 Å². The Bertz CT molecular complexity index is 412. The Labute approximate surface area is 123 Å².